The highest BCUT2D eigenvalue weighted by Gasteiger charge is 2.38. The summed E-state index contributed by atoms with van der Waals surface area (Å²) in [6.07, 6.45) is -1.02. The van der Waals surface area contributed by atoms with Gasteiger partial charge in [-0.15, -0.1) is 0 Å². The molecule has 2 aliphatic rings. The van der Waals surface area contributed by atoms with Crippen LogP contribution < -0.4 is 4.90 Å². The van der Waals surface area contributed by atoms with Crippen LogP contribution in [0.15, 0.2) is 48.5 Å². The number of aryl methyl sites for hydroxylation is 1. The molecule has 33 heavy (non-hydrogen) atoms. The number of anilines is 1. The molecule has 0 N–H and O–H groups in total. The van der Waals surface area contributed by atoms with Crippen LogP contribution in [0.5, 0.6) is 0 Å². The molecule has 1 aromatic heterocycles. The van der Waals surface area contributed by atoms with Crippen LogP contribution in [0.2, 0.25) is 0 Å². The summed E-state index contributed by atoms with van der Waals surface area (Å²) in [4.78, 5) is 20.9. The van der Waals surface area contributed by atoms with Crippen LogP contribution in [0.3, 0.4) is 0 Å². The van der Waals surface area contributed by atoms with E-state index in [1.54, 1.807) is 24.3 Å². The van der Waals surface area contributed by atoms with Gasteiger partial charge in [0, 0.05) is 18.8 Å². The van der Waals surface area contributed by atoms with Crippen LogP contribution in [0.25, 0.3) is 11.0 Å². The Balaban J connectivity index is 1.23. The first-order chi connectivity index (χ1) is 15.9. The lowest BCUT2D eigenvalue weighted by molar-refractivity contribution is -0.147. The molecule has 1 saturated heterocycles. The van der Waals surface area contributed by atoms with Gasteiger partial charge in [-0.1, -0.05) is 30.3 Å². The fourth-order valence-electron chi connectivity index (χ4n) is 5.13. The zero-order valence-corrected chi connectivity index (χ0v) is 18.4. The molecular formula is C25H27F3N4O. The zero-order chi connectivity index (χ0) is 23.0. The average molecular weight is 457 g/mol. The first-order valence-electron chi connectivity index (χ1n) is 11.5. The Bertz CT molecular complexity index is 1150. The van der Waals surface area contributed by atoms with Gasteiger partial charge in [0.1, 0.15) is 0 Å². The number of carbonyl (C=O) groups excluding carboxylic acids is 1. The maximum atomic E-state index is 13.6. The summed E-state index contributed by atoms with van der Waals surface area (Å²) >= 11 is 0. The van der Waals surface area contributed by atoms with E-state index < -0.39 is 12.0 Å². The van der Waals surface area contributed by atoms with Crippen LogP contribution in [-0.2, 0) is 23.9 Å². The number of rotatable bonds is 4. The second kappa shape index (κ2) is 8.82. The minimum atomic E-state index is -4.49. The molecule has 1 amide bonds. The van der Waals surface area contributed by atoms with Crippen LogP contribution in [0.1, 0.15) is 30.7 Å². The Kier molecular flexibility index (Phi) is 5.86. The lowest BCUT2D eigenvalue weighted by Gasteiger charge is -2.35. The number of hydrogen-bond acceptors (Lipinski definition) is 3. The van der Waals surface area contributed by atoms with Gasteiger partial charge in [-0.25, -0.2) is 4.98 Å². The van der Waals surface area contributed by atoms with Gasteiger partial charge in [0.15, 0.2) is 0 Å². The van der Waals surface area contributed by atoms with Gasteiger partial charge in [0.2, 0.25) is 11.7 Å². The predicted octanol–water partition coefficient (Wildman–Crippen LogP) is 4.75. The molecule has 0 unspecified atom stereocenters. The molecule has 5 rings (SSSR count). The molecule has 3 aromatic rings. The minimum Gasteiger partial charge on any atom is -0.320 e. The normalized spacial score (nSPS) is 18.0. The Hall–Kier alpha value is -2.87. The van der Waals surface area contributed by atoms with Gasteiger partial charge in [-0.3, -0.25) is 9.69 Å². The number of benzene rings is 2. The minimum absolute atomic E-state index is 0.0977. The molecule has 174 valence electrons. The van der Waals surface area contributed by atoms with Crippen molar-refractivity contribution in [2.24, 2.45) is 5.92 Å². The zero-order valence-electron chi connectivity index (χ0n) is 18.4. The second-order valence-corrected chi connectivity index (χ2v) is 9.03. The molecule has 0 atom stereocenters. The molecule has 0 bridgehead atoms. The van der Waals surface area contributed by atoms with Crippen molar-refractivity contribution >= 4 is 22.6 Å². The van der Waals surface area contributed by atoms with E-state index in [-0.39, 0.29) is 18.4 Å². The van der Waals surface area contributed by atoms with E-state index in [2.05, 4.69) is 16.0 Å². The van der Waals surface area contributed by atoms with Crippen molar-refractivity contribution in [1.29, 1.82) is 0 Å². The highest BCUT2D eigenvalue weighted by Crippen LogP contribution is 2.33. The van der Waals surface area contributed by atoms with Crippen molar-refractivity contribution in [3.63, 3.8) is 0 Å². The van der Waals surface area contributed by atoms with Crippen LogP contribution in [0, 0.1) is 5.92 Å². The lowest BCUT2D eigenvalue weighted by atomic mass is 9.96. The third kappa shape index (κ3) is 4.49. The number of likely N-dealkylation sites (tertiary alicyclic amines) is 1. The van der Waals surface area contributed by atoms with Crippen molar-refractivity contribution in [3.05, 3.63) is 59.9 Å². The summed E-state index contributed by atoms with van der Waals surface area (Å²) in [5, 5.41) is 0. The summed E-state index contributed by atoms with van der Waals surface area (Å²) in [7, 11) is 0. The van der Waals surface area contributed by atoms with Gasteiger partial charge in [0.05, 0.1) is 17.6 Å². The van der Waals surface area contributed by atoms with Gasteiger partial charge in [0.25, 0.3) is 0 Å². The monoisotopic (exact) mass is 456 g/mol. The number of piperidine rings is 1. The molecule has 0 spiro atoms. The summed E-state index contributed by atoms with van der Waals surface area (Å²) in [5.41, 5.74) is 3.11. The van der Waals surface area contributed by atoms with E-state index in [1.165, 1.54) is 10.1 Å². The van der Waals surface area contributed by atoms with E-state index in [0.717, 1.165) is 37.9 Å². The molecular weight excluding hydrogens is 429 g/mol. The van der Waals surface area contributed by atoms with Crippen LogP contribution in [-0.4, -0.2) is 46.5 Å². The molecule has 0 saturated carbocycles. The molecule has 5 nitrogen and oxygen atoms in total. The van der Waals surface area contributed by atoms with Crippen LogP contribution >= 0.6 is 0 Å². The summed E-state index contributed by atoms with van der Waals surface area (Å²) in [6, 6.07) is 14.8. The van der Waals surface area contributed by atoms with Gasteiger partial charge < -0.3 is 9.47 Å². The van der Waals surface area contributed by atoms with E-state index in [4.69, 9.17) is 0 Å². The summed E-state index contributed by atoms with van der Waals surface area (Å²) in [5.74, 6) is -0.614. The Morgan fingerprint density at radius 3 is 2.52 bits per heavy atom. The van der Waals surface area contributed by atoms with E-state index in [1.807, 2.05) is 23.1 Å². The third-order valence-electron chi connectivity index (χ3n) is 6.83. The molecule has 3 heterocycles. The van der Waals surface area contributed by atoms with E-state index in [9.17, 15) is 18.0 Å². The molecule has 1 fully saturated rings. The number of para-hydroxylation sites is 3. The average Bonchev–Trinajstić information content (AvgIpc) is 3.19. The number of hydrogen-bond donors (Lipinski definition) is 0. The highest BCUT2D eigenvalue weighted by atomic mass is 19.4. The summed E-state index contributed by atoms with van der Waals surface area (Å²) < 4.78 is 42.1. The summed E-state index contributed by atoms with van der Waals surface area (Å²) in [6.45, 7) is 2.79. The number of aromatic nitrogens is 2. The fraction of sp³-hybridized carbons (Fsp3) is 0.440. The molecule has 2 aromatic carbocycles. The molecule has 0 aliphatic carbocycles. The Morgan fingerprint density at radius 2 is 1.73 bits per heavy atom. The number of alkyl halides is 3. The lowest BCUT2D eigenvalue weighted by Crippen LogP contribution is -2.45. The SMILES string of the molecule is O=C(CN1CCC(Cn2c(C(F)(F)F)nc3ccccc32)CC1)N1CCCc2ccccc21. The second-order valence-electron chi connectivity index (χ2n) is 9.03. The highest BCUT2D eigenvalue weighted by molar-refractivity contribution is 5.96. The standard InChI is InChI=1S/C25H27F3N4O/c26-25(27,28)24-29-20-8-2-4-10-22(20)32(24)16-18-11-14-30(15-12-18)17-23(33)31-13-5-7-19-6-1-3-9-21(19)31/h1-4,6,8-10,18H,5,7,11-17H2. The van der Waals surface area contributed by atoms with E-state index in [0.29, 0.717) is 30.7 Å². The van der Waals surface area contributed by atoms with Crippen molar-refractivity contribution < 1.29 is 18.0 Å². The van der Waals surface area contributed by atoms with Crippen molar-refractivity contribution in [3.8, 4) is 0 Å². The quantitative estimate of drug-likeness (QED) is 0.569. The molecule has 0 radical (unpaired) electrons. The molecule has 8 heteroatoms. The number of imidazole rings is 1. The fourth-order valence-corrected chi connectivity index (χ4v) is 5.13. The number of fused-ring (bicyclic) bond motifs is 2. The predicted molar refractivity (Wildman–Crippen MR) is 121 cm³/mol. The van der Waals surface area contributed by atoms with Gasteiger partial charge in [-0.2, -0.15) is 13.2 Å². The largest absolute Gasteiger partial charge is 0.449 e. The maximum absolute atomic E-state index is 13.6. The number of carbonyl (C=O) groups is 1. The van der Waals surface area contributed by atoms with Gasteiger partial charge in [-0.05, 0) is 68.5 Å². The maximum Gasteiger partial charge on any atom is 0.449 e. The van der Waals surface area contributed by atoms with Crippen molar-refractivity contribution in [2.45, 2.75) is 38.4 Å². The smallest absolute Gasteiger partial charge is 0.320 e. The first-order valence-corrected chi connectivity index (χ1v) is 11.5. The third-order valence-corrected chi connectivity index (χ3v) is 6.83. The number of halogens is 3. The molecule has 2 aliphatic heterocycles. The topological polar surface area (TPSA) is 41.4 Å². The number of nitrogens with zero attached hydrogens (tertiary/aromatic N) is 4. The van der Waals surface area contributed by atoms with Crippen LogP contribution in [0.4, 0.5) is 18.9 Å². The van der Waals surface area contributed by atoms with Gasteiger partial charge >= 0.3 is 6.18 Å². The first kappa shape index (κ1) is 21.9. The van der Waals surface area contributed by atoms with Crippen molar-refractivity contribution in [2.75, 3.05) is 31.1 Å². The Labute approximate surface area is 190 Å². The Morgan fingerprint density at radius 1 is 1.00 bits per heavy atom. The van der Waals surface area contributed by atoms with Crippen molar-refractivity contribution in [1.82, 2.24) is 14.5 Å². The van der Waals surface area contributed by atoms with E-state index >= 15 is 0 Å². The number of amides is 1.